The lowest BCUT2D eigenvalue weighted by molar-refractivity contribution is 0.0519. The van der Waals surface area contributed by atoms with Crippen molar-refractivity contribution in [1.82, 2.24) is 15.0 Å². The van der Waals surface area contributed by atoms with E-state index < -0.39 is 5.97 Å². The molecule has 2 rings (SSSR count). The zero-order valence-corrected chi connectivity index (χ0v) is 10.5. The molecule has 0 fully saturated rings. The van der Waals surface area contributed by atoms with Gasteiger partial charge in [0, 0.05) is 0 Å². The van der Waals surface area contributed by atoms with Crippen LogP contribution < -0.4 is 0 Å². The van der Waals surface area contributed by atoms with Crippen LogP contribution in [0.5, 0.6) is 0 Å². The summed E-state index contributed by atoms with van der Waals surface area (Å²) in [5.41, 5.74) is 2.31. The summed E-state index contributed by atoms with van der Waals surface area (Å²) in [5, 5.41) is 7.79. The average molecular weight is 245 g/mol. The molecule has 94 valence electrons. The molecule has 0 spiro atoms. The molecule has 0 aliphatic rings. The fourth-order valence-electron chi connectivity index (χ4n) is 1.71. The molecule has 0 bridgehead atoms. The average Bonchev–Trinajstić information content (AvgIpc) is 2.88. The predicted molar refractivity (Wildman–Crippen MR) is 66.7 cm³/mol. The molecule has 0 saturated heterocycles. The van der Waals surface area contributed by atoms with Crippen LogP contribution in [0.1, 0.15) is 29.9 Å². The van der Waals surface area contributed by atoms with E-state index in [4.69, 9.17) is 4.74 Å². The fraction of sp³-hybridized carbons (Fsp3) is 0.308. The third-order valence-corrected chi connectivity index (χ3v) is 2.60. The van der Waals surface area contributed by atoms with E-state index >= 15 is 0 Å². The largest absolute Gasteiger partial charge is 0.461 e. The summed E-state index contributed by atoms with van der Waals surface area (Å²) in [6.45, 7) is 4.16. The Balaban J connectivity index is 2.32. The van der Waals surface area contributed by atoms with E-state index in [0.717, 1.165) is 17.7 Å². The van der Waals surface area contributed by atoms with Gasteiger partial charge in [0.1, 0.15) is 0 Å². The number of aryl methyl sites for hydroxylation is 1. The number of benzene rings is 1. The van der Waals surface area contributed by atoms with Crippen LogP contribution >= 0.6 is 0 Å². The van der Waals surface area contributed by atoms with Crippen LogP contribution in [-0.4, -0.2) is 27.6 Å². The number of hydrogen-bond donors (Lipinski definition) is 0. The van der Waals surface area contributed by atoms with Crippen molar-refractivity contribution in [1.29, 1.82) is 0 Å². The topological polar surface area (TPSA) is 57.0 Å². The second-order valence-electron chi connectivity index (χ2n) is 3.75. The summed E-state index contributed by atoms with van der Waals surface area (Å²) in [7, 11) is 0. The number of para-hydroxylation sites is 1. The fourth-order valence-corrected chi connectivity index (χ4v) is 1.71. The van der Waals surface area contributed by atoms with Crippen LogP contribution in [0.15, 0.2) is 30.5 Å². The number of rotatable bonds is 4. The molecular formula is C13H15N3O2. The van der Waals surface area contributed by atoms with Crippen molar-refractivity contribution in [3.63, 3.8) is 0 Å². The first-order valence-electron chi connectivity index (χ1n) is 5.94. The van der Waals surface area contributed by atoms with Crippen LogP contribution in [0.25, 0.3) is 5.69 Å². The number of carbonyl (C=O) groups is 1. The third-order valence-electron chi connectivity index (χ3n) is 2.60. The van der Waals surface area contributed by atoms with Gasteiger partial charge in [-0.1, -0.05) is 30.3 Å². The maximum atomic E-state index is 11.5. The number of carbonyl (C=O) groups excluding carboxylic acids is 1. The van der Waals surface area contributed by atoms with Crippen LogP contribution in [0.2, 0.25) is 0 Å². The lowest BCUT2D eigenvalue weighted by Gasteiger charge is -2.05. The number of aromatic nitrogens is 3. The van der Waals surface area contributed by atoms with Gasteiger partial charge in [-0.3, -0.25) is 0 Å². The monoisotopic (exact) mass is 245 g/mol. The van der Waals surface area contributed by atoms with Gasteiger partial charge in [0.2, 0.25) is 0 Å². The van der Waals surface area contributed by atoms with E-state index in [-0.39, 0.29) is 5.69 Å². The molecule has 1 aromatic carbocycles. The Hall–Kier alpha value is -2.17. The van der Waals surface area contributed by atoms with Gasteiger partial charge in [0.25, 0.3) is 0 Å². The van der Waals surface area contributed by atoms with Crippen LogP contribution in [0, 0.1) is 0 Å². The van der Waals surface area contributed by atoms with Crippen molar-refractivity contribution in [2.24, 2.45) is 0 Å². The molecule has 0 saturated carbocycles. The van der Waals surface area contributed by atoms with Gasteiger partial charge in [-0.25, -0.2) is 9.48 Å². The lowest BCUT2D eigenvalue weighted by atomic mass is 10.1. The molecule has 5 nitrogen and oxygen atoms in total. The minimum Gasteiger partial charge on any atom is -0.461 e. The maximum Gasteiger partial charge on any atom is 0.360 e. The molecule has 0 atom stereocenters. The van der Waals surface area contributed by atoms with Crippen LogP contribution in [-0.2, 0) is 11.2 Å². The van der Waals surface area contributed by atoms with Gasteiger partial charge in [-0.15, -0.1) is 5.10 Å². The highest BCUT2D eigenvalue weighted by Crippen LogP contribution is 2.14. The van der Waals surface area contributed by atoms with Gasteiger partial charge in [0.05, 0.1) is 18.5 Å². The molecule has 0 aliphatic heterocycles. The zero-order valence-electron chi connectivity index (χ0n) is 10.5. The highest BCUT2D eigenvalue weighted by atomic mass is 16.5. The quantitative estimate of drug-likeness (QED) is 0.773. The number of nitrogens with zero attached hydrogens (tertiary/aromatic N) is 3. The molecule has 0 amide bonds. The molecule has 18 heavy (non-hydrogen) atoms. The van der Waals surface area contributed by atoms with Gasteiger partial charge in [0.15, 0.2) is 5.69 Å². The van der Waals surface area contributed by atoms with Crippen molar-refractivity contribution in [2.45, 2.75) is 20.3 Å². The summed E-state index contributed by atoms with van der Waals surface area (Å²) in [4.78, 5) is 11.5. The maximum absolute atomic E-state index is 11.5. The Morgan fingerprint density at radius 1 is 1.33 bits per heavy atom. The first-order valence-corrected chi connectivity index (χ1v) is 5.94. The Bertz CT molecular complexity index is 549. The van der Waals surface area contributed by atoms with E-state index in [1.165, 1.54) is 0 Å². The van der Waals surface area contributed by atoms with E-state index in [1.807, 2.05) is 24.3 Å². The Morgan fingerprint density at radius 2 is 2.11 bits per heavy atom. The third kappa shape index (κ3) is 2.40. The van der Waals surface area contributed by atoms with E-state index in [0.29, 0.717) is 6.61 Å². The van der Waals surface area contributed by atoms with E-state index in [9.17, 15) is 4.79 Å². The van der Waals surface area contributed by atoms with Crippen LogP contribution in [0.4, 0.5) is 0 Å². The van der Waals surface area contributed by atoms with E-state index in [2.05, 4.69) is 17.2 Å². The molecule has 1 heterocycles. The summed E-state index contributed by atoms with van der Waals surface area (Å²) >= 11 is 0. The second kappa shape index (κ2) is 5.44. The smallest absolute Gasteiger partial charge is 0.360 e. The van der Waals surface area contributed by atoms with Crippen molar-refractivity contribution in [2.75, 3.05) is 6.61 Å². The van der Waals surface area contributed by atoms with Gasteiger partial charge in [-0.2, -0.15) is 0 Å². The molecule has 0 N–H and O–H groups in total. The van der Waals surface area contributed by atoms with Crippen molar-refractivity contribution >= 4 is 5.97 Å². The van der Waals surface area contributed by atoms with Gasteiger partial charge >= 0.3 is 5.97 Å². The minimum absolute atomic E-state index is 0.225. The molecule has 1 aromatic heterocycles. The summed E-state index contributed by atoms with van der Waals surface area (Å²) in [5.74, 6) is -0.447. The second-order valence-corrected chi connectivity index (χ2v) is 3.75. The van der Waals surface area contributed by atoms with Gasteiger partial charge < -0.3 is 4.74 Å². The number of esters is 1. The van der Waals surface area contributed by atoms with E-state index in [1.54, 1.807) is 17.8 Å². The molecule has 0 radical (unpaired) electrons. The molecule has 5 heteroatoms. The minimum atomic E-state index is -0.447. The first-order chi connectivity index (χ1) is 8.76. The Labute approximate surface area is 105 Å². The number of ether oxygens (including phenoxy) is 1. The highest BCUT2D eigenvalue weighted by molar-refractivity contribution is 5.86. The van der Waals surface area contributed by atoms with Crippen molar-refractivity contribution < 1.29 is 9.53 Å². The SMILES string of the molecule is CCOC(=O)c1cn(-c2ccccc2CC)nn1. The van der Waals surface area contributed by atoms with Gasteiger partial charge in [-0.05, 0) is 25.0 Å². The zero-order chi connectivity index (χ0) is 13.0. The first kappa shape index (κ1) is 12.3. The van der Waals surface area contributed by atoms with Crippen LogP contribution in [0.3, 0.4) is 0 Å². The molecule has 0 aliphatic carbocycles. The summed E-state index contributed by atoms with van der Waals surface area (Å²) in [6, 6.07) is 7.88. The van der Waals surface area contributed by atoms with Crippen molar-refractivity contribution in [3.05, 3.63) is 41.7 Å². The molecular weight excluding hydrogens is 230 g/mol. The normalized spacial score (nSPS) is 10.3. The van der Waals surface area contributed by atoms with Crippen molar-refractivity contribution in [3.8, 4) is 5.69 Å². The summed E-state index contributed by atoms with van der Waals surface area (Å²) in [6.07, 6.45) is 2.48. The molecule has 2 aromatic rings. The molecule has 0 unspecified atom stereocenters. The lowest BCUT2D eigenvalue weighted by Crippen LogP contribution is -2.04. The predicted octanol–water partition coefficient (Wildman–Crippen LogP) is 2.01. The summed E-state index contributed by atoms with van der Waals surface area (Å²) < 4.78 is 6.48. The highest BCUT2D eigenvalue weighted by Gasteiger charge is 2.13. The Morgan fingerprint density at radius 3 is 2.83 bits per heavy atom. The Kier molecular flexibility index (Phi) is 3.72. The standard InChI is InChI=1S/C13H15N3O2/c1-3-10-7-5-6-8-12(10)16-9-11(14-15-16)13(17)18-4-2/h5-9H,3-4H2,1-2H3. The number of hydrogen-bond acceptors (Lipinski definition) is 4.